The van der Waals surface area contributed by atoms with E-state index in [9.17, 15) is 9.59 Å². The second kappa shape index (κ2) is 3.62. The summed E-state index contributed by atoms with van der Waals surface area (Å²) in [4.78, 5) is 22.3. The molecule has 1 aliphatic rings. The number of hydrogen-bond donors (Lipinski definition) is 2. The highest BCUT2D eigenvalue weighted by atomic mass is 16.4. The Morgan fingerprint density at radius 2 is 2.38 bits per heavy atom. The lowest BCUT2D eigenvalue weighted by atomic mass is 9.92. The van der Waals surface area contributed by atoms with Crippen molar-refractivity contribution >= 4 is 11.9 Å². The van der Waals surface area contributed by atoms with Crippen LogP contribution >= 0.6 is 0 Å². The minimum Gasteiger partial charge on any atom is -0.480 e. The smallest absolute Gasteiger partial charge is 0.326 e. The van der Waals surface area contributed by atoms with Crippen LogP contribution < -0.4 is 5.32 Å². The van der Waals surface area contributed by atoms with Crippen LogP contribution in [0.5, 0.6) is 0 Å². The largest absolute Gasteiger partial charge is 0.480 e. The second-order valence-electron chi connectivity index (χ2n) is 4.00. The number of amides is 1. The van der Waals surface area contributed by atoms with Crippen molar-refractivity contribution in [1.82, 2.24) is 15.1 Å². The molecule has 2 rings (SSSR count). The molecule has 2 atom stereocenters. The van der Waals surface area contributed by atoms with Gasteiger partial charge in [0.05, 0.1) is 6.20 Å². The molecular formula is C10H13N3O3. The normalized spacial score (nSPS) is 24.5. The van der Waals surface area contributed by atoms with Crippen molar-refractivity contribution in [3.63, 3.8) is 0 Å². The molecule has 0 radical (unpaired) electrons. The zero-order chi connectivity index (χ0) is 11.9. The molecular weight excluding hydrogens is 210 g/mol. The van der Waals surface area contributed by atoms with E-state index in [-0.39, 0.29) is 18.2 Å². The molecule has 1 aliphatic heterocycles. The van der Waals surface area contributed by atoms with Crippen LogP contribution in [0, 0.1) is 6.92 Å². The topological polar surface area (TPSA) is 84.2 Å². The summed E-state index contributed by atoms with van der Waals surface area (Å²) >= 11 is 0. The molecule has 2 unspecified atom stereocenters. The van der Waals surface area contributed by atoms with Gasteiger partial charge in [-0.25, -0.2) is 4.79 Å². The molecule has 1 saturated heterocycles. The van der Waals surface area contributed by atoms with Gasteiger partial charge in [-0.2, -0.15) is 5.10 Å². The molecule has 16 heavy (non-hydrogen) atoms. The second-order valence-corrected chi connectivity index (χ2v) is 4.00. The van der Waals surface area contributed by atoms with Crippen molar-refractivity contribution in [3.8, 4) is 0 Å². The van der Waals surface area contributed by atoms with Crippen molar-refractivity contribution in [3.05, 3.63) is 17.5 Å². The lowest BCUT2D eigenvalue weighted by Gasteiger charge is -2.13. The van der Waals surface area contributed by atoms with Crippen LogP contribution in [0.15, 0.2) is 6.20 Å². The van der Waals surface area contributed by atoms with E-state index in [1.54, 1.807) is 17.9 Å². The number of carboxylic acids is 1. The molecule has 1 amide bonds. The first-order valence-corrected chi connectivity index (χ1v) is 5.01. The van der Waals surface area contributed by atoms with E-state index in [1.165, 1.54) is 0 Å². The summed E-state index contributed by atoms with van der Waals surface area (Å²) in [7, 11) is 1.79. The third kappa shape index (κ3) is 1.56. The van der Waals surface area contributed by atoms with E-state index in [4.69, 9.17) is 5.11 Å². The Morgan fingerprint density at radius 1 is 1.69 bits per heavy atom. The Balaban J connectivity index is 2.36. The predicted octanol–water partition coefficient (Wildman–Crippen LogP) is -0.215. The monoisotopic (exact) mass is 223 g/mol. The van der Waals surface area contributed by atoms with Crippen LogP contribution in [0.4, 0.5) is 0 Å². The van der Waals surface area contributed by atoms with Gasteiger partial charge in [0.25, 0.3) is 0 Å². The standard InChI is InChI=1S/C10H13N3O3/c1-5-7(4-11-13(5)2)6-3-8(14)12-9(6)10(15)16/h4,6,9H,3H2,1-2H3,(H,12,14)(H,15,16). The average Bonchev–Trinajstić information content (AvgIpc) is 2.73. The maximum Gasteiger partial charge on any atom is 0.326 e. The molecule has 6 nitrogen and oxygen atoms in total. The number of aromatic nitrogens is 2. The van der Waals surface area contributed by atoms with Gasteiger partial charge in [0, 0.05) is 25.1 Å². The van der Waals surface area contributed by atoms with Crippen molar-refractivity contribution in [2.75, 3.05) is 0 Å². The molecule has 1 aromatic heterocycles. The number of carboxylic acid groups (broad SMARTS) is 1. The van der Waals surface area contributed by atoms with Gasteiger partial charge in [0.15, 0.2) is 0 Å². The van der Waals surface area contributed by atoms with Gasteiger partial charge in [-0.15, -0.1) is 0 Å². The number of nitrogens with zero attached hydrogens (tertiary/aromatic N) is 2. The number of aryl methyl sites for hydroxylation is 1. The van der Waals surface area contributed by atoms with E-state index in [2.05, 4.69) is 10.4 Å². The fraction of sp³-hybridized carbons (Fsp3) is 0.500. The number of rotatable bonds is 2. The van der Waals surface area contributed by atoms with Gasteiger partial charge in [-0.1, -0.05) is 0 Å². The van der Waals surface area contributed by atoms with E-state index in [1.807, 2.05) is 6.92 Å². The summed E-state index contributed by atoms with van der Waals surface area (Å²) in [5.41, 5.74) is 1.72. The quantitative estimate of drug-likeness (QED) is 0.726. The fourth-order valence-electron chi connectivity index (χ4n) is 2.05. The van der Waals surface area contributed by atoms with Gasteiger partial charge >= 0.3 is 5.97 Å². The van der Waals surface area contributed by atoms with E-state index in [0.717, 1.165) is 11.3 Å². The summed E-state index contributed by atoms with van der Waals surface area (Å²) in [6, 6.07) is -0.838. The maximum atomic E-state index is 11.3. The highest BCUT2D eigenvalue weighted by Crippen LogP contribution is 2.30. The van der Waals surface area contributed by atoms with E-state index in [0.29, 0.717) is 0 Å². The van der Waals surface area contributed by atoms with Crippen molar-refractivity contribution in [2.45, 2.75) is 25.3 Å². The SMILES string of the molecule is Cc1c(C2CC(=O)NC2C(=O)O)cnn1C. The van der Waals surface area contributed by atoms with Crippen LogP contribution in [0.3, 0.4) is 0 Å². The minimum absolute atomic E-state index is 0.212. The summed E-state index contributed by atoms with van der Waals surface area (Å²) in [5.74, 6) is -1.54. The maximum absolute atomic E-state index is 11.3. The summed E-state index contributed by atoms with van der Waals surface area (Å²) in [6.45, 7) is 1.87. The van der Waals surface area contributed by atoms with Crippen molar-refractivity contribution in [1.29, 1.82) is 0 Å². The molecule has 2 heterocycles. The molecule has 0 bridgehead atoms. The Bertz CT molecular complexity index is 452. The molecule has 1 fully saturated rings. The summed E-state index contributed by atoms with van der Waals surface area (Å²) in [5, 5.41) is 15.5. The van der Waals surface area contributed by atoms with Crippen molar-refractivity contribution in [2.24, 2.45) is 7.05 Å². The highest BCUT2D eigenvalue weighted by molar-refractivity contribution is 5.89. The third-order valence-corrected chi connectivity index (χ3v) is 3.06. The number of aliphatic carboxylic acids is 1. The number of nitrogens with one attached hydrogen (secondary N) is 1. The molecule has 0 aromatic carbocycles. The molecule has 0 saturated carbocycles. The molecule has 0 aliphatic carbocycles. The van der Waals surface area contributed by atoms with Gasteiger partial charge in [0.1, 0.15) is 6.04 Å². The van der Waals surface area contributed by atoms with Crippen molar-refractivity contribution < 1.29 is 14.7 Å². The lowest BCUT2D eigenvalue weighted by Crippen LogP contribution is -2.36. The first kappa shape index (κ1) is 10.7. The molecule has 2 N–H and O–H groups in total. The average molecular weight is 223 g/mol. The van der Waals surface area contributed by atoms with E-state index >= 15 is 0 Å². The molecule has 86 valence electrons. The third-order valence-electron chi connectivity index (χ3n) is 3.06. The minimum atomic E-state index is -1.00. The van der Waals surface area contributed by atoms with E-state index < -0.39 is 12.0 Å². The fourth-order valence-corrected chi connectivity index (χ4v) is 2.05. The van der Waals surface area contributed by atoms with Crippen LogP contribution in [-0.4, -0.2) is 32.8 Å². The van der Waals surface area contributed by atoms with Gasteiger partial charge < -0.3 is 10.4 Å². The van der Waals surface area contributed by atoms with Crippen LogP contribution in [0.2, 0.25) is 0 Å². The zero-order valence-electron chi connectivity index (χ0n) is 9.10. The Kier molecular flexibility index (Phi) is 2.41. The zero-order valence-corrected chi connectivity index (χ0v) is 9.10. The van der Waals surface area contributed by atoms with Gasteiger partial charge in [-0.05, 0) is 12.5 Å². The Morgan fingerprint density at radius 3 is 2.88 bits per heavy atom. The highest BCUT2D eigenvalue weighted by Gasteiger charge is 2.39. The molecule has 6 heteroatoms. The predicted molar refractivity (Wildman–Crippen MR) is 54.9 cm³/mol. The molecule has 1 aromatic rings. The number of carbonyl (C=O) groups is 2. The first-order valence-electron chi connectivity index (χ1n) is 5.01. The van der Waals surface area contributed by atoms with Crippen LogP contribution in [0.25, 0.3) is 0 Å². The number of hydrogen-bond acceptors (Lipinski definition) is 3. The lowest BCUT2D eigenvalue weighted by molar-refractivity contribution is -0.140. The summed E-state index contributed by atoms with van der Waals surface area (Å²) in [6.07, 6.45) is 1.85. The molecule has 0 spiro atoms. The Labute approximate surface area is 92.3 Å². The first-order chi connectivity index (χ1) is 7.50. The van der Waals surface area contributed by atoms with Crippen LogP contribution in [0.1, 0.15) is 23.6 Å². The van der Waals surface area contributed by atoms with Gasteiger partial charge in [-0.3, -0.25) is 9.48 Å². The van der Waals surface area contributed by atoms with Gasteiger partial charge in [0.2, 0.25) is 5.91 Å². The number of carbonyl (C=O) groups excluding carboxylic acids is 1. The Hall–Kier alpha value is -1.85. The van der Waals surface area contributed by atoms with Crippen LogP contribution in [-0.2, 0) is 16.6 Å². The summed E-state index contributed by atoms with van der Waals surface area (Å²) < 4.78 is 1.68.